The third-order valence-corrected chi connectivity index (χ3v) is 2.54. The van der Waals surface area contributed by atoms with Crippen LogP contribution >= 0.6 is 0 Å². The van der Waals surface area contributed by atoms with Gasteiger partial charge in [0.25, 0.3) is 5.56 Å². The molecule has 0 amide bonds. The molecule has 0 atom stereocenters. The van der Waals surface area contributed by atoms with Crippen LogP contribution < -0.4 is 10.3 Å². The molecule has 0 saturated heterocycles. The Balaban J connectivity index is 2.63. The number of aromatic hydroxyl groups is 1. The number of aromatic nitrogens is 1. The Kier molecular flexibility index (Phi) is 3.02. The van der Waals surface area contributed by atoms with E-state index in [4.69, 9.17) is 10.00 Å². The Labute approximate surface area is 103 Å². The lowest BCUT2D eigenvalue weighted by Crippen LogP contribution is -2.06. The highest BCUT2D eigenvalue weighted by Gasteiger charge is 2.11. The molecule has 0 aliphatic heterocycles. The number of ether oxygens (including phenoxy) is 1. The van der Waals surface area contributed by atoms with Crippen LogP contribution in [0, 0.1) is 11.3 Å². The molecular weight excluding hydrogens is 232 g/mol. The monoisotopic (exact) mass is 242 g/mol. The lowest BCUT2D eigenvalue weighted by Gasteiger charge is -2.06. The molecule has 0 spiro atoms. The number of aromatic amines is 1. The zero-order valence-electron chi connectivity index (χ0n) is 9.60. The van der Waals surface area contributed by atoms with Crippen molar-refractivity contribution in [3.63, 3.8) is 0 Å². The molecule has 2 aromatic rings. The van der Waals surface area contributed by atoms with E-state index in [-0.39, 0.29) is 5.56 Å². The van der Waals surface area contributed by atoms with Crippen molar-refractivity contribution in [2.45, 2.75) is 0 Å². The molecule has 2 N–H and O–H groups in total. The second-order valence-electron chi connectivity index (χ2n) is 3.61. The molecule has 18 heavy (non-hydrogen) atoms. The van der Waals surface area contributed by atoms with E-state index in [1.165, 1.54) is 6.07 Å². The molecule has 0 aliphatic rings. The van der Waals surface area contributed by atoms with Crippen LogP contribution in [-0.2, 0) is 0 Å². The standard InChI is InChI=1S/C13H10N2O3/c1-18-9-4-2-8(3-5-9)10-6-12(16)15-13(17)11(10)7-14/h2-6H,1H3,(H2,15,16,17). The highest BCUT2D eigenvalue weighted by Crippen LogP contribution is 2.27. The first-order valence-electron chi connectivity index (χ1n) is 5.16. The van der Waals surface area contributed by atoms with Gasteiger partial charge in [-0.2, -0.15) is 5.26 Å². The van der Waals surface area contributed by atoms with Gasteiger partial charge in [-0.25, -0.2) is 0 Å². The summed E-state index contributed by atoms with van der Waals surface area (Å²) in [5.74, 6) is 0.252. The van der Waals surface area contributed by atoms with Gasteiger partial charge in [0.05, 0.1) is 7.11 Å². The number of nitrogens with one attached hydrogen (secondary N) is 1. The molecule has 5 nitrogen and oxygen atoms in total. The zero-order chi connectivity index (χ0) is 13.1. The first kappa shape index (κ1) is 11.7. The van der Waals surface area contributed by atoms with Crippen molar-refractivity contribution in [2.75, 3.05) is 7.11 Å². The van der Waals surface area contributed by atoms with Crippen LogP contribution in [0.25, 0.3) is 11.1 Å². The number of H-pyrrole nitrogens is 1. The highest BCUT2D eigenvalue weighted by atomic mass is 16.5. The number of nitrogens with zero attached hydrogens (tertiary/aromatic N) is 1. The number of methoxy groups -OCH3 is 1. The number of rotatable bonds is 2. The average molecular weight is 242 g/mol. The minimum absolute atomic E-state index is 0.0415. The van der Waals surface area contributed by atoms with Crippen molar-refractivity contribution < 1.29 is 9.84 Å². The molecule has 1 heterocycles. The minimum Gasteiger partial charge on any atom is -0.497 e. The fourth-order valence-electron chi connectivity index (χ4n) is 1.66. The summed E-state index contributed by atoms with van der Waals surface area (Å²) >= 11 is 0. The van der Waals surface area contributed by atoms with Gasteiger partial charge in [0, 0.05) is 11.6 Å². The molecule has 0 unspecified atom stereocenters. The van der Waals surface area contributed by atoms with Crippen LogP contribution in [0.3, 0.4) is 0 Å². The van der Waals surface area contributed by atoms with Gasteiger partial charge in [0.15, 0.2) is 0 Å². The topological polar surface area (TPSA) is 86.1 Å². The Bertz CT molecular complexity index is 666. The normalized spacial score (nSPS) is 9.78. The van der Waals surface area contributed by atoms with Crippen molar-refractivity contribution in [3.05, 3.63) is 46.2 Å². The highest BCUT2D eigenvalue weighted by molar-refractivity contribution is 5.72. The first-order chi connectivity index (χ1) is 8.65. The van der Waals surface area contributed by atoms with Crippen LogP contribution in [0.2, 0.25) is 0 Å². The molecule has 0 saturated carbocycles. The van der Waals surface area contributed by atoms with E-state index in [2.05, 4.69) is 4.98 Å². The van der Waals surface area contributed by atoms with Gasteiger partial charge in [0.2, 0.25) is 5.88 Å². The molecule has 2 rings (SSSR count). The maximum atomic E-state index is 11.3. The Morgan fingerprint density at radius 3 is 2.56 bits per heavy atom. The molecule has 90 valence electrons. The van der Waals surface area contributed by atoms with Gasteiger partial charge in [-0.1, -0.05) is 12.1 Å². The molecule has 1 aromatic heterocycles. The van der Waals surface area contributed by atoms with E-state index in [1.807, 2.05) is 6.07 Å². The van der Waals surface area contributed by atoms with E-state index in [0.29, 0.717) is 16.9 Å². The Morgan fingerprint density at radius 1 is 1.33 bits per heavy atom. The van der Waals surface area contributed by atoms with Crippen molar-refractivity contribution in [1.82, 2.24) is 4.98 Å². The van der Waals surface area contributed by atoms with Gasteiger partial charge in [0.1, 0.15) is 17.4 Å². The Morgan fingerprint density at radius 2 is 2.00 bits per heavy atom. The van der Waals surface area contributed by atoms with Crippen molar-refractivity contribution >= 4 is 0 Å². The third kappa shape index (κ3) is 2.04. The summed E-state index contributed by atoms with van der Waals surface area (Å²) < 4.78 is 5.03. The van der Waals surface area contributed by atoms with Crippen LogP contribution in [0.4, 0.5) is 0 Å². The fourth-order valence-corrected chi connectivity index (χ4v) is 1.66. The summed E-state index contributed by atoms with van der Waals surface area (Å²) in [7, 11) is 1.55. The van der Waals surface area contributed by atoms with Crippen LogP contribution in [0.5, 0.6) is 11.6 Å². The van der Waals surface area contributed by atoms with E-state index in [9.17, 15) is 9.90 Å². The summed E-state index contributed by atoms with van der Waals surface area (Å²) in [6, 6.07) is 10.0. The van der Waals surface area contributed by atoms with Gasteiger partial charge in [-0.05, 0) is 17.7 Å². The molecule has 0 radical (unpaired) electrons. The predicted molar refractivity (Wildman–Crippen MR) is 65.4 cm³/mol. The predicted octanol–water partition coefficient (Wildman–Crippen LogP) is 1.63. The van der Waals surface area contributed by atoms with Gasteiger partial charge < -0.3 is 9.84 Å². The lowest BCUT2D eigenvalue weighted by atomic mass is 10.0. The fraction of sp³-hybridized carbons (Fsp3) is 0.0769. The summed E-state index contributed by atoms with van der Waals surface area (Å²) in [5.41, 5.74) is 0.632. The van der Waals surface area contributed by atoms with Crippen LogP contribution in [0.15, 0.2) is 35.1 Å². The first-order valence-corrected chi connectivity index (χ1v) is 5.16. The molecule has 0 fully saturated rings. The van der Waals surface area contributed by atoms with E-state index in [0.717, 1.165) is 0 Å². The quantitative estimate of drug-likeness (QED) is 0.837. The van der Waals surface area contributed by atoms with E-state index in [1.54, 1.807) is 31.4 Å². The van der Waals surface area contributed by atoms with Gasteiger partial charge >= 0.3 is 0 Å². The van der Waals surface area contributed by atoms with Crippen LogP contribution in [-0.4, -0.2) is 17.2 Å². The second-order valence-corrected chi connectivity index (χ2v) is 3.61. The molecule has 5 heteroatoms. The lowest BCUT2D eigenvalue weighted by molar-refractivity contribution is 0.415. The minimum atomic E-state index is -0.461. The number of pyridine rings is 1. The van der Waals surface area contributed by atoms with Crippen molar-refractivity contribution in [1.29, 1.82) is 5.26 Å². The largest absolute Gasteiger partial charge is 0.497 e. The second kappa shape index (κ2) is 4.63. The molecule has 0 aliphatic carbocycles. The summed E-state index contributed by atoms with van der Waals surface area (Å²) in [5, 5.41) is 18.5. The number of hydrogen-bond donors (Lipinski definition) is 2. The smallest absolute Gasteiger partial charge is 0.251 e. The van der Waals surface area contributed by atoms with E-state index >= 15 is 0 Å². The maximum absolute atomic E-state index is 11.3. The maximum Gasteiger partial charge on any atom is 0.251 e. The number of nitriles is 1. The van der Waals surface area contributed by atoms with E-state index < -0.39 is 11.4 Å². The molecular formula is C13H10N2O3. The molecule has 0 bridgehead atoms. The Hall–Kier alpha value is -2.74. The number of hydrogen-bond acceptors (Lipinski definition) is 4. The van der Waals surface area contributed by atoms with Gasteiger partial charge in [-0.15, -0.1) is 0 Å². The zero-order valence-corrected chi connectivity index (χ0v) is 9.60. The van der Waals surface area contributed by atoms with Crippen LogP contribution in [0.1, 0.15) is 5.56 Å². The van der Waals surface area contributed by atoms with Crippen molar-refractivity contribution in [2.24, 2.45) is 0 Å². The number of benzene rings is 1. The summed E-state index contributed by atoms with van der Waals surface area (Å²) in [6.45, 7) is 0. The summed E-state index contributed by atoms with van der Waals surface area (Å²) in [4.78, 5) is 13.5. The van der Waals surface area contributed by atoms with Crippen molar-refractivity contribution in [3.8, 4) is 28.8 Å². The SMILES string of the molecule is COc1ccc(-c2cc(=O)[nH]c(O)c2C#N)cc1. The summed E-state index contributed by atoms with van der Waals surface area (Å²) in [6.07, 6.45) is 0. The molecule has 1 aromatic carbocycles. The average Bonchev–Trinajstić information content (AvgIpc) is 2.38. The van der Waals surface area contributed by atoms with Gasteiger partial charge in [-0.3, -0.25) is 9.78 Å². The third-order valence-electron chi connectivity index (χ3n) is 2.54.